The first kappa shape index (κ1) is 24.0. The fourth-order valence-electron chi connectivity index (χ4n) is 3.16. The van der Waals surface area contributed by atoms with Crippen LogP contribution in [-0.4, -0.2) is 70.3 Å². The van der Waals surface area contributed by atoms with Gasteiger partial charge in [0.15, 0.2) is 17.5 Å². The number of ether oxygens (including phenoxy) is 2. The fraction of sp³-hybridized carbons (Fsp3) is 0.429. The summed E-state index contributed by atoms with van der Waals surface area (Å²) in [6.45, 7) is 4.81. The monoisotopic (exact) mass is 526 g/mol. The van der Waals surface area contributed by atoms with Crippen LogP contribution in [-0.2, 0) is 6.54 Å². The standard InChI is InChI=1S/C21H30N6O2.HI/c1-22-21(25-17-6-7-18(28-3)19(13-17)29-4)24-15-16-5-8-20(23-14-16)27-11-9-26(2)10-12-27;/h5-8,13-14H,9-12,15H2,1-4H3,(H2,22,24,25);1H. The van der Waals surface area contributed by atoms with E-state index in [1.807, 2.05) is 24.4 Å². The van der Waals surface area contributed by atoms with E-state index < -0.39 is 0 Å². The molecule has 0 amide bonds. The fourth-order valence-corrected chi connectivity index (χ4v) is 3.16. The van der Waals surface area contributed by atoms with Gasteiger partial charge >= 0.3 is 0 Å². The molecule has 0 aliphatic carbocycles. The van der Waals surface area contributed by atoms with Gasteiger partial charge in [0.2, 0.25) is 0 Å². The molecule has 1 aromatic carbocycles. The molecule has 0 spiro atoms. The van der Waals surface area contributed by atoms with Crippen LogP contribution in [0, 0.1) is 0 Å². The molecule has 1 aliphatic rings. The summed E-state index contributed by atoms with van der Waals surface area (Å²) in [6, 6.07) is 9.85. The second-order valence-electron chi connectivity index (χ2n) is 6.94. The lowest BCUT2D eigenvalue weighted by Crippen LogP contribution is -2.44. The maximum absolute atomic E-state index is 5.35. The number of aliphatic imine (C=N–C) groups is 1. The van der Waals surface area contributed by atoms with Crippen LogP contribution in [0.15, 0.2) is 41.5 Å². The molecule has 1 saturated heterocycles. The third-order valence-electron chi connectivity index (χ3n) is 4.97. The molecule has 1 aromatic heterocycles. The Kier molecular flexibility index (Phi) is 9.44. The van der Waals surface area contributed by atoms with Gasteiger partial charge in [-0.3, -0.25) is 4.99 Å². The zero-order chi connectivity index (χ0) is 20.6. The van der Waals surface area contributed by atoms with Crippen LogP contribution in [0.4, 0.5) is 11.5 Å². The number of pyridine rings is 1. The number of guanidine groups is 1. The molecule has 3 rings (SSSR count). The Hall–Kier alpha value is -2.27. The largest absolute Gasteiger partial charge is 0.493 e. The predicted molar refractivity (Wildman–Crippen MR) is 133 cm³/mol. The number of rotatable bonds is 6. The van der Waals surface area contributed by atoms with E-state index in [-0.39, 0.29) is 24.0 Å². The molecule has 0 saturated carbocycles. The second-order valence-corrected chi connectivity index (χ2v) is 6.94. The maximum atomic E-state index is 5.35. The topological polar surface area (TPSA) is 74.3 Å². The van der Waals surface area contributed by atoms with Gasteiger partial charge in [0.25, 0.3) is 0 Å². The van der Waals surface area contributed by atoms with Crippen LogP contribution in [0.1, 0.15) is 5.56 Å². The minimum Gasteiger partial charge on any atom is -0.493 e. The molecule has 30 heavy (non-hydrogen) atoms. The number of nitrogens with one attached hydrogen (secondary N) is 2. The molecule has 8 nitrogen and oxygen atoms in total. The van der Waals surface area contributed by atoms with Gasteiger partial charge < -0.3 is 29.9 Å². The van der Waals surface area contributed by atoms with Crippen molar-refractivity contribution in [2.75, 3.05) is 64.7 Å². The summed E-state index contributed by atoms with van der Waals surface area (Å²) in [5.41, 5.74) is 1.96. The quantitative estimate of drug-likeness (QED) is 0.341. The highest BCUT2D eigenvalue weighted by atomic mass is 127. The summed E-state index contributed by atoms with van der Waals surface area (Å²) in [5.74, 6) is 3.05. The first-order chi connectivity index (χ1) is 14.1. The number of anilines is 2. The molecule has 2 N–H and O–H groups in total. The number of hydrogen-bond acceptors (Lipinski definition) is 6. The smallest absolute Gasteiger partial charge is 0.195 e. The Morgan fingerprint density at radius 3 is 2.40 bits per heavy atom. The van der Waals surface area contributed by atoms with Gasteiger partial charge in [-0.05, 0) is 30.8 Å². The number of aromatic nitrogens is 1. The van der Waals surface area contributed by atoms with Gasteiger partial charge in [-0.2, -0.15) is 0 Å². The lowest BCUT2D eigenvalue weighted by atomic mass is 10.2. The third kappa shape index (κ3) is 6.36. The zero-order valence-electron chi connectivity index (χ0n) is 18.0. The number of nitrogens with zero attached hydrogens (tertiary/aromatic N) is 4. The molecule has 2 heterocycles. The lowest BCUT2D eigenvalue weighted by molar-refractivity contribution is 0.312. The van der Waals surface area contributed by atoms with Gasteiger partial charge in [-0.1, -0.05) is 6.07 Å². The van der Waals surface area contributed by atoms with Crippen LogP contribution in [0.5, 0.6) is 11.5 Å². The maximum Gasteiger partial charge on any atom is 0.195 e. The Labute approximate surface area is 195 Å². The molecule has 0 atom stereocenters. The summed E-state index contributed by atoms with van der Waals surface area (Å²) < 4.78 is 10.6. The molecule has 164 valence electrons. The van der Waals surface area contributed by atoms with Crippen LogP contribution >= 0.6 is 24.0 Å². The summed E-state index contributed by atoms with van der Waals surface area (Å²) in [6.07, 6.45) is 1.92. The van der Waals surface area contributed by atoms with Crippen molar-refractivity contribution in [2.45, 2.75) is 6.54 Å². The molecule has 0 bridgehead atoms. The average Bonchev–Trinajstić information content (AvgIpc) is 2.77. The molecule has 1 aliphatic heterocycles. The van der Waals surface area contributed by atoms with Crippen molar-refractivity contribution in [3.8, 4) is 11.5 Å². The highest BCUT2D eigenvalue weighted by molar-refractivity contribution is 14.0. The van der Waals surface area contributed by atoms with E-state index >= 15 is 0 Å². The van der Waals surface area contributed by atoms with E-state index in [4.69, 9.17) is 9.47 Å². The van der Waals surface area contributed by atoms with E-state index in [2.05, 4.69) is 49.6 Å². The summed E-state index contributed by atoms with van der Waals surface area (Å²) in [7, 11) is 7.13. The number of hydrogen-bond donors (Lipinski definition) is 2. The third-order valence-corrected chi connectivity index (χ3v) is 4.97. The van der Waals surface area contributed by atoms with E-state index in [9.17, 15) is 0 Å². The molecular weight excluding hydrogens is 495 g/mol. The molecule has 0 unspecified atom stereocenters. The highest BCUT2D eigenvalue weighted by Crippen LogP contribution is 2.29. The van der Waals surface area contributed by atoms with E-state index in [1.165, 1.54) is 0 Å². The minimum absolute atomic E-state index is 0. The molecule has 2 aromatic rings. The second kappa shape index (κ2) is 11.8. The Balaban J connectivity index is 0.00000320. The molecular formula is C21H31IN6O2. The Morgan fingerprint density at radius 2 is 1.80 bits per heavy atom. The summed E-state index contributed by atoms with van der Waals surface area (Å²) in [5, 5.41) is 6.57. The van der Waals surface area contributed by atoms with Crippen LogP contribution in [0.25, 0.3) is 0 Å². The predicted octanol–water partition coefficient (Wildman–Crippen LogP) is 2.66. The van der Waals surface area contributed by atoms with Gasteiger partial charge in [-0.15, -0.1) is 24.0 Å². The van der Waals surface area contributed by atoms with Crippen LogP contribution in [0.3, 0.4) is 0 Å². The normalized spacial score (nSPS) is 14.7. The van der Waals surface area contributed by atoms with Crippen LogP contribution < -0.4 is 25.0 Å². The number of methoxy groups -OCH3 is 2. The first-order valence-corrected chi connectivity index (χ1v) is 9.71. The molecule has 9 heteroatoms. The van der Waals surface area contributed by atoms with E-state index in [0.717, 1.165) is 43.2 Å². The van der Waals surface area contributed by atoms with Crippen molar-refractivity contribution in [3.63, 3.8) is 0 Å². The number of likely N-dealkylation sites (N-methyl/N-ethyl adjacent to an activating group) is 1. The average molecular weight is 526 g/mol. The summed E-state index contributed by atoms with van der Waals surface area (Å²) >= 11 is 0. The molecule has 1 fully saturated rings. The molecule has 0 radical (unpaired) electrons. The van der Waals surface area contributed by atoms with Crippen molar-refractivity contribution in [1.29, 1.82) is 0 Å². The summed E-state index contributed by atoms with van der Waals surface area (Å²) in [4.78, 5) is 13.6. The van der Waals surface area contributed by atoms with E-state index in [1.54, 1.807) is 21.3 Å². The zero-order valence-corrected chi connectivity index (χ0v) is 20.3. The van der Waals surface area contributed by atoms with Crippen molar-refractivity contribution in [3.05, 3.63) is 42.1 Å². The van der Waals surface area contributed by atoms with Crippen molar-refractivity contribution in [2.24, 2.45) is 4.99 Å². The number of benzene rings is 1. The Morgan fingerprint density at radius 1 is 1.07 bits per heavy atom. The first-order valence-electron chi connectivity index (χ1n) is 9.71. The van der Waals surface area contributed by atoms with Gasteiger partial charge in [0, 0.05) is 57.7 Å². The van der Waals surface area contributed by atoms with Crippen molar-refractivity contribution < 1.29 is 9.47 Å². The van der Waals surface area contributed by atoms with Gasteiger partial charge in [0.05, 0.1) is 14.2 Å². The Bertz CT molecular complexity index is 823. The number of halogens is 1. The SMILES string of the molecule is CN=C(NCc1ccc(N2CCN(C)CC2)nc1)Nc1ccc(OC)c(OC)c1.I. The van der Waals surface area contributed by atoms with Gasteiger partial charge in [0.1, 0.15) is 5.82 Å². The van der Waals surface area contributed by atoms with Crippen molar-refractivity contribution in [1.82, 2.24) is 15.2 Å². The van der Waals surface area contributed by atoms with Gasteiger partial charge in [-0.25, -0.2) is 4.98 Å². The van der Waals surface area contributed by atoms with E-state index in [0.29, 0.717) is 24.0 Å². The number of piperazine rings is 1. The van der Waals surface area contributed by atoms with Crippen molar-refractivity contribution >= 4 is 41.4 Å². The lowest BCUT2D eigenvalue weighted by Gasteiger charge is -2.33. The minimum atomic E-state index is 0. The van der Waals surface area contributed by atoms with Crippen LogP contribution in [0.2, 0.25) is 0 Å². The highest BCUT2D eigenvalue weighted by Gasteiger charge is 2.15.